The second-order valence-corrected chi connectivity index (χ2v) is 9.40. The van der Waals surface area contributed by atoms with Crippen LogP contribution in [-0.2, 0) is 14.3 Å². The zero-order chi connectivity index (χ0) is 24.1. The zero-order valence-corrected chi connectivity index (χ0v) is 19.5. The maximum Gasteiger partial charge on any atom is 0.407 e. The summed E-state index contributed by atoms with van der Waals surface area (Å²) in [6.07, 6.45) is 2.61. The lowest BCUT2D eigenvalue weighted by atomic mass is 9.98. The van der Waals surface area contributed by atoms with Crippen LogP contribution in [0.15, 0.2) is 48.5 Å². The van der Waals surface area contributed by atoms with Crippen molar-refractivity contribution in [2.45, 2.75) is 51.0 Å². The Bertz CT molecular complexity index is 1010. The van der Waals surface area contributed by atoms with Crippen molar-refractivity contribution in [2.75, 3.05) is 13.2 Å². The summed E-state index contributed by atoms with van der Waals surface area (Å²) in [5.74, 6) is -1.39. The van der Waals surface area contributed by atoms with E-state index < -0.39 is 18.0 Å². The van der Waals surface area contributed by atoms with E-state index in [9.17, 15) is 19.5 Å². The van der Waals surface area contributed by atoms with Crippen LogP contribution in [0.1, 0.15) is 56.1 Å². The summed E-state index contributed by atoms with van der Waals surface area (Å²) in [5, 5.41) is 14.9. The van der Waals surface area contributed by atoms with Gasteiger partial charge in [-0.2, -0.15) is 0 Å². The standard InChI is InChI=1S/C27H32N2O5/c1-17(15-25(30)29-24-12-6-11-22(24)26(31)32)13-14-28-27(33)34-16-23-20-9-4-2-7-18(20)19-8-3-5-10-21(19)23/h2-5,7-10,17,22-24H,6,11-16H2,1H3,(H,28,33)(H,29,30)(H,31,32). The number of carboxylic acids is 1. The molecule has 7 nitrogen and oxygen atoms in total. The molecule has 1 fully saturated rings. The third-order valence-corrected chi connectivity index (χ3v) is 6.96. The first-order chi connectivity index (χ1) is 16.4. The highest BCUT2D eigenvalue weighted by molar-refractivity contribution is 5.79. The number of fused-ring (bicyclic) bond motifs is 3. The van der Waals surface area contributed by atoms with Gasteiger partial charge in [-0.15, -0.1) is 0 Å². The molecular weight excluding hydrogens is 432 g/mol. The molecule has 3 unspecified atom stereocenters. The molecule has 0 saturated heterocycles. The van der Waals surface area contributed by atoms with Crippen LogP contribution >= 0.6 is 0 Å². The van der Waals surface area contributed by atoms with E-state index in [4.69, 9.17) is 4.74 Å². The predicted molar refractivity (Wildman–Crippen MR) is 128 cm³/mol. The smallest absolute Gasteiger partial charge is 0.407 e. The van der Waals surface area contributed by atoms with Crippen molar-refractivity contribution in [2.24, 2.45) is 11.8 Å². The van der Waals surface area contributed by atoms with Crippen molar-refractivity contribution in [3.8, 4) is 11.1 Å². The van der Waals surface area contributed by atoms with Gasteiger partial charge in [-0.3, -0.25) is 9.59 Å². The molecule has 3 N–H and O–H groups in total. The van der Waals surface area contributed by atoms with Crippen LogP contribution in [-0.4, -0.2) is 42.3 Å². The van der Waals surface area contributed by atoms with Crippen molar-refractivity contribution in [1.29, 1.82) is 0 Å². The van der Waals surface area contributed by atoms with Crippen molar-refractivity contribution < 1.29 is 24.2 Å². The highest BCUT2D eigenvalue weighted by Gasteiger charge is 2.34. The Morgan fingerprint density at radius 2 is 1.68 bits per heavy atom. The second kappa shape index (κ2) is 10.7. The van der Waals surface area contributed by atoms with Gasteiger partial charge in [0, 0.05) is 24.9 Å². The molecule has 0 spiro atoms. The summed E-state index contributed by atoms with van der Waals surface area (Å²) < 4.78 is 5.54. The van der Waals surface area contributed by atoms with Gasteiger partial charge >= 0.3 is 12.1 Å². The fourth-order valence-electron chi connectivity index (χ4n) is 5.18. The molecule has 180 valence electrons. The molecule has 2 aliphatic rings. The van der Waals surface area contributed by atoms with E-state index in [2.05, 4.69) is 34.9 Å². The molecule has 0 aromatic heterocycles. The molecule has 2 amide bonds. The average Bonchev–Trinajstić information content (AvgIpc) is 3.40. The largest absolute Gasteiger partial charge is 0.481 e. The third-order valence-electron chi connectivity index (χ3n) is 6.96. The first-order valence-corrected chi connectivity index (χ1v) is 12.0. The molecule has 0 radical (unpaired) electrons. The molecule has 4 rings (SSSR count). The number of rotatable bonds is 9. The molecule has 2 aromatic carbocycles. The lowest BCUT2D eigenvalue weighted by Gasteiger charge is -2.19. The Morgan fingerprint density at radius 1 is 1.03 bits per heavy atom. The molecule has 0 aliphatic heterocycles. The number of nitrogens with one attached hydrogen (secondary N) is 2. The van der Waals surface area contributed by atoms with E-state index in [0.29, 0.717) is 32.2 Å². The van der Waals surface area contributed by atoms with Gasteiger partial charge in [-0.05, 0) is 47.4 Å². The number of hydrogen-bond donors (Lipinski definition) is 3. The summed E-state index contributed by atoms with van der Waals surface area (Å²) in [6, 6.07) is 16.1. The Morgan fingerprint density at radius 3 is 2.32 bits per heavy atom. The van der Waals surface area contributed by atoms with Gasteiger partial charge in [-0.25, -0.2) is 4.79 Å². The lowest BCUT2D eigenvalue weighted by molar-refractivity contribution is -0.142. The van der Waals surface area contributed by atoms with E-state index >= 15 is 0 Å². The Labute approximate surface area is 199 Å². The molecule has 7 heteroatoms. The minimum atomic E-state index is -0.844. The van der Waals surface area contributed by atoms with Crippen LogP contribution in [0, 0.1) is 11.8 Å². The van der Waals surface area contributed by atoms with Crippen LogP contribution in [0.2, 0.25) is 0 Å². The lowest BCUT2D eigenvalue weighted by Crippen LogP contribution is -2.40. The minimum absolute atomic E-state index is 0.0194. The quantitative estimate of drug-likeness (QED) is 0.513. The second-order valence-electron chi connectivity index (χ2n) is 9.40. The zero-order valence-electron chi connectivity index (χ0n) is 19.5. The fraction of sp³-hybridized carbons (Fsp3) is 0.444. The summed E-state index contributed by atoms with van der Waals surface area (Å²) in [4.78, 5) is 35.9. The number of alkyl carbamates (subject to hydrolysis) is 1. The fourth-order valence-corrected chi connectivity index (χ4v) is 5.18. The van der Waals surface area contributed by atoms with Gasteiger partial charge in [0.2, 0.25) is 5.91 Å². The van der Waals surface area contributed by atoms with Gasteiger partial charge in [0.25, 0.3) is 0 Å². The number of carbonyl (C=O) groups excluding carboxylic acids is 2. The number of amides is 2. The minimum Gasteiger partial charge on any atom is -0.481 e. The summed E-state index contributed by atoms with van der Waals surface area (Å²) in [5.41, 5.74) is 4.71. The number of aliphatic carboxylic acids is 1. The van der Waals surface area contributed by atoms with Crippen molar-refractivity contribution >= 4 is 18.0 Å². The van der Waals surface area contributed by atoms with E-state index in [1.54, 1.807) is 0 Å². The monoisotopic (exact) mass is 464 g/mol. The van der Waals surface area contributed by atoms with Crippen molar-refractivity contribution in [3.63, 3.8) is 0 Å². The highest BCUT2D eigenvalue weighted by Crippen LogP contribution is 2.44. The molecule has 2 aliphatic carbocycles. The third kappa shape index (κ3) is 5.41. The Balaban J connectivity index is 1.19. The van der Waals surface area contributed by atoms with E-state index in [1.807, 2.05) is 31.2 Å². The van der Waals surface area contributed by atoms with Crippen LogP contribution in [0.4, 0.5) is 4.79 Å². The maximum absolute atomic E-state index is 12.3. The number of carbonyl (C=O) groups is 3. The van der Waals surface area contributed by atoms with Crippen molar-refractivity contribution in [1.82, 2.24) is 10.6 Å². The predicted octanol–water partition coefficient (Wildman–Crippen LogP) is 4.31. The topological polar surface area (TPSA) is 105 Å². The van der Waals surface area contributed by atoms with Crippen LogP contribution < -0.4 is 10.6 Å². The van der Waals surface area contributed by atoms with Gasteiger partial charge in [0.1, 0.15) is 6.61 Å². The molecule has 0 heterocycles. The number of benzene rings is 2. The molecule has 1 saturated carbocycles. The van der Waals surface area contributed by atoms with E-state index in [1.165, 1.54) is 22.3 Å². The maximum atomic E-state index is 12.3. The van der Waals surface area contributed by atoms with E-state index in [-0.39, 0.29) is 30.4 Å². The van der Waals surface area contributed by atoms with Gasteiger partial charge in [0.15, 0.2) is 0 Å². The van der Waals surface area contributed by atoms with Gasteiger partial charge in [-0.1, -0.05) is 61.9 Å². The summed E-state index contributed by atoms with van der Waals surface area (Å²) in [6.45, 7) is 2.62. The number of hydrogen-bond acceptors (Lipinski definition) is 4. The normalized spacial score (nSPS) is 19.7. The Hall–Kier alpha value is -3.35. The summed E-state index contributed by atoms with van der Waals surface area (Å²) >= 11 is 0. The van der Waals surface area contributed by atoms with Crippen molar-refractivity contribution in [3.05, 3.63) is 59.7 Å². The number of ether oxygens (including phenoxy) is 1. The molecular formula is C27H32N2O5. The van der Waals surface area contributed by atoms with E-state index in [0.717, 1.165) is 6.42 Å². The average molecular weight is 465 g/mol. The van der Waals surface area contributed by atoms with Crippen LogP contribution in [0.25, 0.3) is 11.1 Å². The van der Waals surface area contributed by atoms with Crippen LogP contribution in [0.5, 0.6) is 0 Å². The number of carboxylic acid groups (broad SMARTS) is 1. The SMILES string of the molecule is CC(CCNC(=O)OCC1c2ccccc2-c2ccccc21)CC(=O)NC1CCCC1C(=O)O. The van der Waals surface area contributed by atoms with Gasteiger partial charge in [0.05, 0.1) is 5.92 Å². The molecule has 34 heavy (non-hydrogen) atoms. The first-order valence-electron chi connectivity index (χ1n) is 12.0. The first kappa shape index (κ1) is 23.8. The highest BCUT2D eigenvalue weighted by atomic mass is 16.5. The van der Waals surface area contributed by atoms with Gasteiger partial charge < -0.3 is 20.5 Å². The summed E-state index contributed by atoms with van der Waals surface area (Å²) in [7, 11) is 0. The molecule has 0 bridgehead atoms. The van der Waals surface area contributed by atoms with Crippen LogP contribution in [0.3, 0.4) is 0 Å². The molecule has 3 atom stereocenters. The Kier molecular flexibility index (Phi) is 7.50. The molecule has 2 aromatic rings.